The average Bonchev–Trinajstić information content (AvgIpc) is 4.32. The van der Waals surface area contributed by atoms with Crippen molar-refractivity contribution < 1.29 is 21.6 Å². The van der Waals surface area contributed by atoms with Gasteiger partial charge in [0.1, 0.15) is 23.0 Å². The van der Waals surface area contributed by atoms with Gasteiger partial charge >= 0.3 is 0 Å². The molecule has 5 aromatic heterocycles. The number of aryl methyl sites for hydroxylation is 2. The van der Waals surface area contributed by atoms with Gasteiger partial charge in [-0.25, -0.2) is 26.2 Å². The molecule has 0 saturated carbocycles. The van der Waals surface area contributed by atoms with Crippen LogP contribution in [0.4, 0.5) is 11.6 Å². The number of rotatable bonds is 13. The molecule has 13 nitrogen and oxygen atoms in total. The van der Waals surface area contributed by atoms with Crippen molar-refractivity contribution in [1.29, 1.82) is 5.26 Å². The predicted octanol–water partition coefficient (Wildman–Crippen LogP) is 13.3. The molecule has 384 valence electrons. The Morgan fingerprint density at radius 2 is 1.07 bits per heavy atom. The molecule has 5 heterocycles. The van der Waals surface area contributed by atoms with Gasteiger partial charge in [-0.3, -0.25) is 9.52 Å². The fraction of sp³-hybridized carbons (Fsp3) is 0.107. The maximum Gasteiger partial charge on any atom is 0.263 e. The molecule has 0 aliphatic heterocycles. The number of nitrogens with two attached hydrogens (primary N) is 2. The van der Waals surface area contributed by atoms with Gasteiger partial charge in [-0.05, 0) is 112 Å². The van der Waals surface area contributed by atoms with Crippen LogP contribution in [0.3, 0.4) is 0 Å². The van der Waals surface area contributed by atoms with Crippen molar-refractivity contribution in [3.63, 3.8) is 0 Å². The highest BCUT2D eigenvalue weighted by atomic mass is 35.7. The number of ketones is 1. The third-order valence-corrected chi connectivity index (χ3v) is 16.0. The van der Waals surface area contributed by atoms with E-state index in [2.05, 4.69) is 14.9 Å². The molecular formula is C56H53ClN8O5S5. The third-order valence-electron chi connectivity index (χ3n) is 10.6. The van der Waals surface area contributed by atoms with Crippen molar-refractivity contribution in [3.8, 4) is 38.6 Å². The van der Waals surface area contributed by atoms with Crippen molar-refractivity contribution in [3.05, 3.63) is 226 Å². The third kappa shape index (κ3) is 17.0. The number of nitrogen functional groups attached to an aromatic ring is 1. The number of Topliss-reactive ketones (excluding diaryl/α,β-unsaturated/α-hetero) is 1. The Kier molecular flexibility index (Phi) is 21.4. The van der Waals surface area contributed by atoms with E-state index in [0.717, 1.165) is 56.5 Å². The molecule has 0 saturated heterocycles. The Bertz CT molecular complexity index is 3550. The zero-order valence-electron chi connectivity index (χ0n) is 40.8. The highest BCUT2D eigenvalue weighted by Gasteiger charge is 2.20. The van der Waals surface area contributed by atoms with E-state index in [1.54, 1.807) is 74.5 Å². The van der Waals surface area contributed by atoms with Gasteiger partial charge in [-0.15, -0.1) is 34.0 Å². The molecule has 0 fully saturated rings. The second kappa shape index (κ2) is 28.3. The molecule has 10 aromatic rings. The topological polar surface area (TPSA) is 209 Å². The van der Waals surface area contributed by atoms with Crippen LogP contribution < -0.4 is 16.2 Å². The monoisotopic (exact) mass is 1110 g/mol. The molecule has 10 rings (SSSR count). The summed E-state index contributed by atoms with van der Waals surface area (Å²) in [5.41, 5.74) is 18.1. The normalized spacial score (nSPS) is 10.7. The number of nitrogens with zero attached hydrogens (tertiary/aromatic N) is 5. The summed E-state index contributed by atoms with van der Waals surface area (Å²) in [7, 11) is -2.16. The molecule has 0 aliphatic rings. The summed E-state index contributed by atoms with van der Waals surface area (Å²) < 4.78 is 53.5. The summed E-state index contributed by atoms with van der Waals surface area (Å²) in [5, 5.41) is 23.1. The summed E-state index contributed by atoms with van der Waals surface area (Å²) >= 11 is 4.59. The average molecular weight is 1110 g/mol. The maximum absolute atomic E-state index is 12.9. The summed E-state index contributed by atoms with van der Waals surface area (Å²) in [6, 6.07) is 59.8. The van der Waals surface area contributed by atoms with Crippen LogP contribution in [0, 0.1) is 11.3 Å². The van der Waals surface area contributed by atoms with Gasteiger partial charge in [0.2, 0.25) is 0 Å². The van der Waals surface area contributed by atoms with E-state index in [9.17, 15) is 21.6 Å². The van der Waals surface area contributed by atoms with Crippen molar-refractivity contribution in [2.75, 3.05) is 10.5 Å². The van der Waals surface area contributed by atoms with Crippen LogP contribution in [0.25, 0.3) is 32.5 Å². The first-order valence-corrected chi connectivity index (χ1v) is 29.6. The number of thiophene rings is 3. The number of sulfonamides is 1. The lowest BCUT2D eigenvalue weighted by Gasteiger charge is -2.11. The maximum atomic E-state index is 12.9. The van der Waals surface area contributed by atoms with E-state index >= 15 is 0 Å². The van der Waals surface area contributed by atoms with E-state index in [1.165, 1.54) is 29.0 Å². The molecule has 0 amide bonds. The van der Waals surface area contributed by atoms with Gasteiger partial charge in [0.05, 0.1) is 48.3 Å². The number of para-hydroxylation sites is 2. The number of hydrogen-bond donors (Lipinski definition) is 3. The second-order valence-electron chi connectivity index (χ2n) is 15.8. The fourth-order valence-electron chi connectivity index (χ4n) is 6.68. The van der Waals surface area contributed by atoms with Gasteiger partial charge in [0.25, 0.3) is 19.1 Å². The summed E-state index contributed by atoms with van der Waals surface area (Å²) in [6.07, 6.45) is 1.74. The quantitative estimate of drug-likeness (QED) is 0.0735. The Morgan fingerprint density at radius 3 is 1.51 bits per heavy atom. The largest absolute Gasteiger partial charge is 0.384 e. The minimum atomic E-state index is -3.73. The van der Waals surface area contributed by atoms with Crippen LogP contribution >= 0.6 is 44.7 Å². The molecule has 0 unspecified atom stereocenters. The van der Waals surface area contributed by atoms with Crippen LogP contribution in [0.2, 0.25) is 0 Å². The number of aromatic nitrogens is 4. The number of nitriles is 1. The van der Waals surface area contributed by atoms with Crippen LogP contribution in [-0.2, 0) is 38.5 Å². The molecule has 0 atom stereocenters. The lowest BCUT2D eigenvalue weighted by Crippen LogP contribution is -2.16. The molecule has 75 heavy (non-hydrogen) atoms. The van der Waals surface area contributed by atoms with E-state index < -0.39 is 19.1 Å². The molecule has 0 spiro atoms. The molecule has 19 heteroatoms. The SMILES string of the molecule is CCc1ccc(S(=O)(=O)Cl)cc1.CCc1ccc(S(=O)(=O)Nc2cc(-c3cccs3)nn2-c2ccccc2)cc1.N#CCC(=O)c1cccs1.NCc1ccccc1.Nc1cc(-c2cccs2)nn1-c1ccccc1. The smallest absolute Gasteiger partial charge is 0.263 e. The molecule has 0 bridgehead atoms. The number of carbonyl (C=O) groups excluding carboxylic acids is 1. The minimum Gasteiger partial charge on any atom is -0.384 e. The number of nitrogens with one attached hydrogen (secondary N) is 1. The lowest BCUT2D eigenvalue weighted by molar-refractivity contribution is 0.100. The number of halogens is 1. The van der Waals surface area contributed by atoms with Gasteiger partial charge in [0, 0.05) is 29.4 Å². The molecule has 5 aromatic carbocycles. The van der Waals surface area contributed by atoms with Crippen LogP contribution in [-0.4, -0.2) is 42.2 Å². The Labute approximate surface area is 454 Å². The summed E-state index contributed by atoms with van der Waals surface area (Å²) in [4.78, 5) is 14.0. The predicted molar refractivity (Wildman–Crippen MR) is 307 cm³/mol. The van der Waals surface area contributed by atoms with Gasteiger partial charge in [-0.2, -0.15) is 15.5 Å². The van der Waals surface area contributed by atoms with Crippen molar-refractivity contribution in [2.24, 2.45) is 5.73 Å². The number of benzene rings is 5. The van der Waals surface area contributed by atoms with Crippen LogP contribution in [0.15, 0.2) is 214 Å². The van der Waals surface area contributed by atoms with Gasteiger partial charge in [0.15, 0.2) is 5.78 Å². The highest BCUT2D eigenvalue weighted by molar-refractivity contribution is 8.13. The number of hydrogen-bond acceptors (Lipinski definition) is 13. The molecule has 0 radical (unpaired) electrons. The highest BCUT2D eigenvalue weighted by Crippen LogP contribution is 2.30. The summed E-state index contributed by atoms with van der Waals surface area (Å²) in [5.74, 6) is 0.964. The van der Waals surface area contributed by atoms with Crippen LogP contribution in [0.1, 0.15) is 46.6 Å². The Balaban J connectivity index is 0.000000166. The van der Waals surface area contributed by atoms with Crippen molar-refractivity contribution in [1.82, 2.24) is 19.6 Å². The standard InChI is InChI=1S/C21H19N3O2S2.C13H11N3S.C8H9ClO2S.C7H5NOS.C7H9N/c1-2-16-10-12-18(13-11-16)28(25,26)23-21-15-19(20-9-6-14-27-20)22-24(21)17-7-4-3-5-8-17;14-13-9-11(12-7-4-8-17-12)15-16(13)10-5-2-1-3-6-10;1-2-7-3-5-8(6-4-7)12(9,10)11;8-4-3-6(9)7-2-1-5-10-7;8-6-7-4-2-1-3-5-7/h3-15,23H,2H2,1H3;1-9H,14H2;3-6H,2H2,1H3;1-2,5H,3H2;1-5H,6,8H2. The number of carbonyl (C=O) groups is 1. The van der Waals surface area contributed by atoms with E-state index in [4.69, 9.17) is 27.4 Å². The molecule has 0 aliphatic carbocycles. The first kappa shape index (κ1) is 56.8. The molecule has 5 N–H and O–H groups in total. The first-order valence-electron chi connectivity index (χ1n) is 23.2. The fourth-order valence-corrected chi connectivity index (χ4v) is 10.5. The Hall–Kier alpha value is -7.47. The Morgan fingerprint density at radius 1 is 0.600 bits per heavy atom. The second-order valence-corrected chi connectivity index (χ2v) is 22.9. The number of anilines is 2. The lowest BCUT2D eigenvalue weighted by atomic mass is 10.2. The van der Waals surface area contributed by atoms with E-state index in [1.807, 2.05) is 170 Å². The summed E-state index contributed by atoms with van der Waals surface area (Å²) in [6.45, 7) is 4.68. The minimum absolute atomic E-state index is 0.0134. The van der Waals surface area contributed by atoms with Gasteiger partial charge < -0.3 is 11.5 Å². The van der Waals surface area contributed by atoms with Crippen molar-refractivity contribution >= 4 is 81.2 Å². The zero-order chi connectivity index (χ0) is 53.6. The van der Waals surface area contributed by atoms with Gasteiger partial charge in [-0.1, -0.05) is 123 Å². The zero-order valence-corrected chi connectivity index (χ0v) is 45.6. The van der Waals surface area contributed by atoms with Crippen molar-refractivity contribution in [2.45, 2.75) is 49.4 Å². The van der Waals surface area contributed by atoms with E-state index in [-0.39, 0.29) is 22.0 Å². The van der Waals surface area contributed by atoms with E-state index in [0.29, 0.717) is 23.1 Å². The van der Waals surface area contributed by atoms with Crippen LogP contribution in [0.5, 0.6) is 0 Å². The first-order chi connectivity index (χ1) is 36.2. The molecular weight excluding hydrogens is 1060 g/mol.